The van der Waals surface area contributed by atoms with Crippen LogP contribution < -0.4 is 5.73 Å². The molecular formula is C17H18FN3. The summed E-state index contributed by atoms with van der Waals surface area (Å²) in [5.41, 5.74) is 11.3. The molecule has 2 aromatic carbocycles. The van der Waals surface area contributed by atoms with Gasteiger partial charge in [0.05, 0.1) is 11.0 Å². The van der Waals surface area contributed by atoms with Crippen LogP contribution in [0.1, 0.15) is 16.7 Å². The van der Waals surface area contributed by atoms with Gasteiger partial charge in [-0.05, 0) is 61.2 Å². The van der Waals surface area contributed by atoms with E-state index in [9.17, 15) is 4.39 Å². The molecule has 1 aromatic heterocycles. The summed E-state index contributed by atoms with van der Waals surface area (Å²) in [6, 6.07) is 11.0. The monoisotopic (exact) mass is 283 g/mol. The van der Waals surface area contributed by atoms with Crippen LogP contribution in [0.3, 0.4) is 0 Å². The SMILES string of the molecule is Cc1ccc2nc(N)n(CCc3ccc(F)cc3C)c2c1. The predicted molar refractivity (Wildman–Crippen MR) is 83.7 cm³/mol. The Morgan fingerprint density at radius 3 is 2.71 bits per heavy atom. The lowest BCUT2D eigenvalue weighted by atomic mass is 10.1. The molecule has 0 fully saturated rings. The molecule has 3 nitrogen and oxygen atoms in total. The number of aryl methyl sites for hydroxylation is 4. The smallest absolute Gasteiger partial charge is 0.201 e. The van der Waals surface area contributed by atoms with Gasteiger partial charge < -0.3 is 10.3 Å². The quantitative estimate of drug-likeness (QED) is 0.798. The molecule has 3 aromatic rings. The molecule has 3 rings (SSSR count). The summed E-state index contributed by atoms with van der Waals surface area (Å²) in [4.78, 5) is 4.38. The molecule has 0 radical (unpaired) electrons. The largest absolute Gasteiger partial charge is 0.369 e. The summed E-state index contributed by atoms with van der Waals surface area (Å²) >= 11 is 0. The normalized spacial score (nSPS) is 11.2. The fraction of sp³-hybridized carbons (Fsp3) is 0.235. The van der Waals surface area contributed by atoms with E-state index in [2.05, 4.69) is 18.0 Å². The summed E-state index contributed by atoms with van der Waals surface area (Å²) in [7, 11) is 0. The highest BCUT2D eigenvalue weighted by atomic mass is 19.1. The van der Waals surface area contributed by atoms with Gasteiger partial charge in [-0.3, -0.25) is 0 Å². The molecule has 0 aliphatic rings. The van der Waals surface area contributed by atoms with E-state index in [1.165, 1.54) is 11.6 Å². The molecule has 0 atom stereocenters. The Kier molecular flexibility index (Phi) is 3.37. The molecule has 0 saturated carbocycles. The van der Waals surface area contributed by atoms with Crippen LogP contribution in [0.4, 0.5) is 10.3 Å². The minimum absolute atomic E-state index is 0.195. The van der Waals surface area contributed by atoms with E-state index < -0.39 is 0 Å². The molecule has 108 valence electrons. The van der Waals surface area contributed by atoms with Crippen LogP contribution in [0.25, 0.3) is 11.0 Å². The van der Waals surface area contributed by atoms with Crippen molar-refractivity contribution in [2.45, 2.75) is 26.8 Å². The van der Waals surface area contributed by atoms with Crippen LogP contribution in [-0.4, -0.2) is 9.55 Å². The second-order valence-electron chi connectivity index (χ2n) is 5.43. The van der Waals surface area contributed by atoms with Crippen LogP contribution in [0.2, 0.25) is 0 Å². The fourth-order valence-electron chi connectivity index (χ4n) is 2.66. The van der Waals surface area contributed by atoms with E-state index in [0.29, 0.717) is 5.95 Å². The van der Waals surface area contributed by atoms with Gasteiger partial charge >= 0.3 is 0 Å². The van der Waals surface area contributed by atoms with Crippen molar-refractivity contribution in [1.29, 1.82) is 0 Å². The first kappa shape index (κ1) is 13.6. The second-order valence-corrected chi connectivity index (χ2v) is 5.43. The number of nitrogens with two attached hydrogens (primary N) is 1. The Bertz CT molecular complexity index is 805. The van der Waals surface area contributed by atoms with Crippen LogP contribution in [-0.2, 0) is 13.0 Å². The van der Waals surface area contributed by atoms with Gasteiger partial charge in [-0.2, -0.15) is 0 Å². The number of nitrogen functional groups attached to an aromatic ring is 1. The molecular weight excluding hydrogens is 265 g/mol. The van der Waals surface area contributed by atoms with Gasteiger partial charge in [-0.1, -0.05) is 12.1 Å². The molecule has 0 bridgehead atoms. The van der Waals surface area contributed by atoms with E-state index >= 15 is 0 Å². The van der Waals surface area contributed by atoms with Gasteiger partial charge in [-0.15, -0.1) is 0 Å². The molecule has 2 N–H and O–H groups in total. The summed E-state index contributed by atoms with van der Waals surface area (Å²) in [5, 5.41) is 0. The van der Waals surface area contributed by atoms with Gasteiger partial charge in [0.2, 0.25) is 5.95 Å². The Labute approximate surface area is 123 Å². The van der Waals surface area contributed by atoms with E-state index in [4.69, 9.17) is 5.73 Å². The summed E-state index contributed by atoms with van der Waals surface area (Å²) in [6.07, 6.45) is 0.801. The van der Waals surface area contributed by atoms with Gasteiger partial charge in [0.15, 0.2) is 0 Å². The number of benzene rings is 2. The number of halogens is 1. The topological polar surface area (TPSA) is 43.8 Å². The maximum Gasteiger partial charge on any atom is 0.201 e. The zero-order chi connectivity index (χ0) is 15.0. The Hall–Kier alpha value is -2.36. The lowest BCUT2D eigenvalue weighted by Gasteiger charge is -2.09. The third-order valence-corrected chi connectivity index (χ3v) is 3.84. The number of rotatable bonds is 3. The summed E-state index contributed by atoms with van der Waals surface area (Å²) < 4.78 is 15.2. The third kappa shape index (κ3) is 2.61. The van der Waals surface area contributed by atoms with Crippen molar-refractivity contribution < 1.29 is 4.39 Å². The van der Waals surface area contributed by atoms with Crippen molar-refractivity contribution in [3.05, 3.63) is 58.9 Å². The lowest BCUT2D eigenvalue weighted by molar-refractivity contribution is 0.624. The third-order valence-electron chi connectivity index (χ3n) is 3.84. The molecule has 0 spiro atoms. The molecule has 0 aliphatic heterocycles. The van der Waals surface area contributed by atoms with Crippen molar-refractivity contribution >= 4 is 17.0 Å². The number of hydrogen-bond acceptors (Lipinski definition) is 2. The number of anilines is 1. The number of hydrogen-bond donors (Lipinski definition) is 1. The summed E-state index contributed by atoms with van der Waals surface area (Å²) in [6.45, 7) is 4.72. The van der Waals surface area contributed by atoms with Gasteiger partial charge in [0.1, 0.15) is 5.82 Å². The Morgan fingerprint density at radius 1 is 1.14 bits per heavy atom. The molecule has 0 unspecified atom stereocenters. The molecule has 21 heavy (non-hydrogen) atoms. The number of nitrogens with zero attached hydrogens (tertiary/aromatic N) is 2. The van der Waals surface area contributed by atoms with Crippen molar-refractivity contribution in [1.82, 2.24) is 9.55 Å². The van der Waals surface area contributed by atoms with Crippen molar-refractivity contribution in [3.63, 3.8) is 0 Å². The van der Waals surface area contributed by atoms with Crippen molar-refractivity contribution in [3.8, 4) is 0 Å². The zero-order valence-electron chi connectivity index (χ0n) is 12.2. The van der Waals surface area contributed by atoms with E-state index in [0.717, 1.165) is 35.1 Å². The Balaban J connectivity index is 1.91. The van der Waals surface area contributed by atoms with E-state index in [1.807, 2.05) is 29.7 Å². The average molecular weight is 283 g/mol. The highest BCUT2D eigenvalue weighted by molar-refractivity contribution is 5.79. The maximum absolute atomic E-state index is 13.1. The highest BCUT2D eigenvalue weighted by Gasteiger charge is 2.09. The average Bonchev–Trinajstić information content (AvgIpc) is 2.73. The van der Waals surface area contributed by atoms with E-state index in [-0.39, 0.29) is 5.82 Å². The van der Waals surface area contributed by atoms with Crippen LogP contribution >= 0.6 is 0 Å². The minimum atomic E-state index is -0.195. The van der Waals surface area contributed by atoms with Crippen LogP contribution in [0.5, 0.6) is 0 Å². The minimum Gasteiger partial charge on any atom is -0.369 e. The van der Waals surface area contributed by atoms with Crippen molar-refractivity contribution in [2.75, 3.05) is 5.73 Å². The maximum atomic E-state index is 13.1. The van der Waals surface area contributed by atoms with Gasteiger partial charge in [0, 0.05) is 6.54 Å². The first-order chi connectivity index (χ1) is 10.0. The molecule has 0 amide bonds. The van der Waals surface area contributed by atoms with Crippen LogP contribution in [0, 0.1) is 19.7 Å². The van der Waals surface area contributed by atoms with E-state index in [1.54, 1.807) is 6.07 Å². The van der Waals surface area contributed by atoms with Gasteiger partial charge in [0.25, 0.3) is 0 Å². The number of fused-ring (bicyclic) bond motifs is 1. The number of imidazole rings is 1. The zero-order valence-corrected chi connectivity index (χ0v) is 12.2. The molecule has 1 heterocycles. The predicted octanol–water partition coefficient (Wildman–Crippen LogP) is 3.62. The standard InChI is InChI=1S/C17H18FN3/c1-11-3-6-15-16(9-11)21(17(19)20-15)8-7-13-4-5-14(18)10-12(13)2/h3-6,9-10H,7-8H2,1-2H3,(H2,19,20). The second kappa shape index (κ2) is 5.20. The first-order valence-corrected chi connectivity index (χ1v) is 7.02. The van der Waals surface area contributed by atoms with Crippen molar-refractivity contribution in [2.24, 2.45) is 0 Å². The molecule has 4 heteroatoms. The highest BCUT2D eigenvalue weighted by Crippen LogP contribution is 2.20. The van der Waals surface area contributed by atoms with Crippen LogP contribution in [0.15, 0.2) is 36.4 Å². The summed E-state index contributed by atoms with van der Waals surface area (Å²) in [5.74, 6) is 0.329. The van der Waals surface area contributed by atoms with Gasteiger partial charge in [-0.25, -0.2) is 9.37 Å². The molecule has 0 saturated heterocycles. The fourth-order valence-corrected chi connectivity index (χ4v) is 2.66. The first-order valence-electron chi connectivity index (χ1n) is 7.02. The lowest BCUT2D eigenvalue weighted by Crippen LogP contribution is -2.06. The Morgan fingerprint density at radius 2 is 1.95 bits per heavy atom. The molecule has 0 aliphatic carbocycles. The number of aromatic nitrogens is 2.